The lowest BCUT2D eigenvalue weighted by atomic mass is 10.0. The molecule has 0 saturated carbocycles. The fourth-order valence-corrected chi connectivity index (χ4v) is 4.79. The Balaban J connectivity index is 1.53. The Morgan fingerprint density at radius 1 is 1.00 bits per heavy atom. The summed E-state index contributed by atoms with van der Waals surface area (Å²) >= 11 is 7.96. The van der Waals surface area contributed by atoms with Crippen LogP contribution in [-0.4, -0.2) is 15.0 Å². The number of benzene rings is 3. The Kier molecular flexibility index (Phi) is 4.14. The normalized spacial score (nSPS) is 12.7. The highest BCUT2D eigenvalue weighted by atomic mass is 35.5. The van der Waals surface area contributed by atoms with Gasteiger partial charge in [-0.1, -0.05) is 41.1 Å². The van der Waals surface area contributed by atoms with Gasteiger partial charge in [0, 0.05) is 25.7 Å². The molecule has 1 atom stereocenters. The van der Waals surface area contributed by atoms with E-state index in [0.717, 1.165) is 5.56 Å². The molecule has 1 unspecified atom stereocenters. The average molecular weight is 408 g/mol. The number of hydrogen-bond acceptors (Lipinski definition) is 3. The Bertz CT molecular complexity index is 1320. The second-order valence-electron chi connectivity index (χ2n) is 6.74. The summed E-state index contributed by atoms with van der Waals surface area (Å²) in [6.45, 7) is 2.08. The predicted octanol–water partition coefficient (Wildman–Crippen LogP) is 6.71. The molecule has 2 heterocycles. The zero-order chi connectivity index (χ0) is 19.3. The molecule has 0 bridgehead atoms. The van der Waals surface area contributed by atoms with Gasteiger partial charge in [-0.15, -0.1) is 16.4 Å². The topological polar surface area (TPSA) is 30.7 Å². The van der Waals surface area contributed by atoms with Crippen molar-refractivity contribution in [2.45, 2.75) is 13.0 Å². The quantitative estimate of drug-likeness (QED) is 0.332. The van der Waals surface area contributed by atoms with Crippen molar-refractivity contribution in [3.8, 4) is 11.3 Å². The van der Waals surface area contributed by atoms with Gasteiger partial charge in [0.15, 0.2) is 0 Å². The molecule has 0 saturated heterocycles. The standard InChI is InChI=1S/C22H15ClFN3S/c1-13(27-12-20(25-26-27)17-8-7-15(24)11-19(17)23)14-6-9-22-18(10-14)16-4-2-3-5-21(16)28-22/h2-13H,1H3. The number of aromatic nitrogens is 3. The van der Waals surface area contributed by atoms with Crippen molar-refractivity contribution < 1.29 is 4.39 Å². The molecule has 138 valence electrons. The lowest BCUT2D eigenvalue weighted by Crippen LogP contribution is -2.07. The zero-order valence-electron chi connectivity index (χ0n) is 14.9. The first-order chi connectivity index (χ1) is 13.6. The van der Waals surface area contributed by atoms with Gasteiger partial charge in [-0.3, -0.25) is 0 Å². The number of hydrogen-bond donors (Lipinski definition) is 0. The zero-order valence-corrected chi connectivity index (χ0v) is 16.5. The summed E-state index contributed by atoms with van der Waals surface area (Å²) < 4.78 is 17.7. The second-order valence-corrected chi connectivity index (χ2v) is 8.23. The number of nitrogens with zero attached hydrogens (tertiary/aromatic N) is 3. The van der Waals surface area contributed by atoms with Crippen molar-refractivity contribution in [3.05, 3.63) is 83.3 Å². The smallest absolute Gasteiger partial charge is 0.124 e. The first kappa shape index (κ1) is 17.3. The Morgan fingerprint density at radius 2 is 1.82 bits per heavy atom. The lowest BCUT2D eigenvalue weighted by Gasteiger charge is -2.12. The van der Waals surface area contributed by atoms with Gasteiger partial charge in [0.05, 0.1) is 17.3 Å². The van der Waals surface area contributed by atoms with Crippen molar-refractivity contribution in [2.75, 3.05) is 0 Å². The minimum atomic E-state index is -0.370. The number of rotatable bonds is 3. The van der Waals surface area contributed by atoms with Crippen LogP contribution in [0.1, 0.15) is 18.5 Å². The summed E-state index contributed by atoms with van der Waals surface area (Å²) in [4.78, 5) is 0. The largest absolute Gasteiger partial charge is 0.245 e. The van der Waals surface area contributed by atoms with Gasteiger partial charge in [0.25, 0.3) is 0 Å². The van der Waals surface area contributed by atoms with Crippen LogP contribution in [0.4, 0.5) is 4.39 Å². The fourth-order valence-electron chi connectivity index (χ4n) is 3.44. The first-order valence-corrected chi connectivity index (χ1v) is 10.1. The van der Waals surface area contributed by atoms with E-state index < -0.39 is 0 Å². The lowest BCUT2D eigenvalue weighted by molar-refractivity contribution is 0.543. The third-order valence-corrected chi connectivity index (χ3v) is 6.46. The highest BCUT2D eigenvalue weighted by Crippen LogP contribution is 2.35. The molecule has 0 fully saturated rings. The van der Waals surface area contributed by atoms with Gasteiger partial charge >= 0.3 is 0 Å². The van der Waals surface area contributed by atoms with E-state index in [1.165, 1.54) is 32.3 Å². The molecule has 5 aromatic rings. The predicted molar refractivity (Wildman–Crippen MR) is 114 cm³/mol. The van der Waals surface area contributed by atoms with Crippen molar-refractivity contribution >= 4 is 43.1 Å². The molecule has 3 aromatic carbocycles. The van der Waals surface area contributed by atoms with Gasteiger partial charge in [-0.25, -0.2) is 9.07 Å². The molecular weight excluding hydrogens is 393 g/mol. The van der Waals surface area contributed by atoms with E-state index in [9.17, 15) is 4.39 Å². The van der Waals surface area contributed by atoms with Gasteiger partial charge in [0.1, 0.15) is 11.5 Å². The molecule has 0 aliphatic carbocycles. The Hall–Kier alpha value is -2.76. The Labute approximate surface area is 170 Å². The third kappa shape index (κ3) is 2.87. The molecule has 0 N–H and O–H groups in total. The van der Waals surface area contributed by atoms with Crippen molar-refractivity contribution in [3.63, 3.8) is 0 Å². The van der Waals surface area contributed by atoms with Crippen molar-refractivity contribution in [2.24, 2.45) is 0 Å². The average Bonchev–Trinajstić information content (AvgIpc) is 3.32. The van der Waals surface area contributed by atoms with Gasteiger partial charge < -0.3 is 0 Å². The summed E-state index contributed by atoms with van der Waals surface area (Å²) in [6.07, 6.45) is 1.85. The number of fused-ring (bicyclic) bond motifs is 3. The molecule has 6 heteroatoms. The highest BCUT2D eigenvalue weighted by molar-refractivity contribution is 7.25. The van der Waals surface area contributed by atoms with E-state index in [0.29, 0.717) is 16.3 Å². The van der Waals surface area contributed by atoms with Crippen LogP contribution in [0.25, 0.3) is 31.4 Å². The fraction of sp³-hybridized carbons (Fsp3) is 0.0909. The third-order valence-electron chi connectivity index (χ3n) is 5.00. The highest BCUT2D eigenvalue weighted by Gasteiger charge is 2.15. The molecule has 0 aliphatic heterocycles. The molecule has 28 heavy (non-hydrogen) atoms. The van der Waals surface area contributed by atoms with Gasteiger partial charge in [-0.2, -0.15) is 0 Å². The SMILES string of the molecule is CC(c1ccc2sc3ccccc3c2c1)n1cc(-c2ccc(F)cc2Cl)nn1. The van der Waals surface area contributed by atoms with E-state index in [-0.39, 0.29) is 11.9 Å². The Morgan fingerprint density at radius 3 is 2.68 bits per heavy atom. The van der Waals surface area contributed by atoms with Crippen LogP contribution in [0.3, 0.4) is 0 Å². The monoisotopic (exact) mass is 407 g/mol. The van der Waals surface area contributed by atoms with E-state index in [2.05, 4.69) is 59.7 Å². The second kappa shape index (κ2) is 6.69. The van der Waals surface area contributed by atoms with Crippen LogP contribution in [-0.2, 0) is 0 Å². The van der Waals surface area contributed by atoms with E-state index >= 15 is 0 Å². The van der Waals surface area contributed by atoms with Crippen molar-refractivity contribution in [1.82, 2.24) is 15.0 Å². The van der Waals surface area contributed by atoms with E-state index in [1.807, 2.05) is 10.9 Å². The van der Waals surface area contributed by atoms with Crippen LogP contribution in [0.15, 0.2) is 66.9 Å². The van der Waals surface area contributed by atoms with Gasteiger partial charge in [0.2, 0.25) is 0 Å². The molecule has 0 radical (unpaired) electrons. The van der Waals surface area contributed by atoms with Crippen LogP contribution in [0, 0.1) is 5.82 Å². The van der Waals surface area contributed by atoms with Crippen LogP contribution in [0.2, 0.25) is 5.02 Å². The minimum absolute atomic E-state index is 0.00327. The van der Waals surface area contributed by atoms with E-state index in [1.54, 1.807) is 17.4 Å². The summed E-state index contributed by atoms with van der Waals surface area (Å²) in [5.41, 5.74) is 2.44. The maximum Gasteiger partial charge on any atom is 0.124 e. The summed E-state index contributed by atoms with van der Waals surface area (Å²) in [6, 6.07) is 19.3. The molecule has 0 aliphatic rings. The molecule has 2 aromatic heterocycles. The summed E-state index contributed by atoms with van der Waals surface area (Å²) in [7, 11) is 0. The van der Waals surface area contributed by atoms with Crippen LogP contribution >= 0.6 is 22.9 Å². The molecule has 5 rings (SSSR count). The summed E-state index contributed by atoms with van der Waals surface area (Å²) in [5.74, 6) is -0.370. The maximum atomic E-state index is 13.3. The molecule has 0 spiro atoms. The van der Waals surface area contributed by atoms with E-state index in [4.69, 9.17) is 11.6 Å². The van der Waals surface area contributed by atoms with Crippen molar-refractivity contribution in [1.29, 1.82) is 0 Å². The van der Waals surface area contributed by atoms with Crippen LogP contribution < -0.4 is 0 Å². The van der Waals surface area contributed by atoms with Crippen LogP contribution in [0.5, 0.6) is 0 Å². The molecule has 3 nitrogen and oxygen atoms in total. The molecule has 0 amide bonds. The molecular formula is C22H15ClFN3S. The number of thiophene rings is 1. The minimum Gasteiger partial charge on any atom is -0.245 e. The summed E-state index contributed by atoms with van der Waals surface area (Å²) in [5, 5.41) is 11.4. The van der Waals surface area contributed by atoms with Gasteiger partial charge in [-0.05, 0) is 48.9 Å². The maximum absolute atomic E-state index is 13.3. The number of halogens is 2. The first-order valence-electron chi connectivity index (χ1n) is 8.88.